The number of benzene rings is 1. The van der Waals surface area contributed by atoms with Gasteiger partial charge in [0.25, 0.3) is 0 Å². The molecule has 1 aliphatic heterocycles. The van der Waals surface area contributed by atoms with Gasteiger partial charge in [0, 0.05) is 29.5 Å². The molecule has 1 amide bonds. The lowest BCUT2D eigenvalue weighted by molar-refractivity contribution is -0.122. The van der Waals surface area contributed by atoms with Gasteiger partial charge in [-0.2, -0.15) is 4.91 Å². The van der Waals surface area contributed by atoms with Crippen LogP contribution < -0.4 is 10.2 Å². The van der Waals surface area contributed by atoms with Crippen molar-refractivity contribution in [3.8, 4) is 0 Å². The van der Waals surface area contributed by atoms with Crippen LogP contribution in [0.25, 0.3) is 0 Å². The van der Waals surface area contributed by atoms with Gasteiger partial charge < -0.3 is 15.6 Å². The van der Waals surface area contributed by atoms with E-state index < -0.39 is 6.04 Å². The van der Waals surface area contributed by atoms with E-state index in [0.717, 1.165) is 25.1 Å². The standard InChI is InChI=1S/C15H19ClN4O2/c1-10(17)13(19-22)9-18-15(21)14-3-2-8-20(14)12-6-4-11(16)5-7-12/h4-7,13-14,17H,2-3,8-9H2,1H3,(H,18,21). The van der Waals surface area contributed by atoms with Gasteiger partial charge in [0.1, 0.15) is 12.1 Å². The van der Waals surface area contributed by atoms with Crippen molar-refractivity contribution >= 4 is 28.9 Å². The highest BCUT2D eigenvalue weighted by Gasteiger charge is 2.31. The van der Waals surface area contributed by atoms with Crippen molar-refractivity contribution in [2.75, 3.05) is 18.0 Å². The van der Waals surface area contributed by atoms with Crippen LogP contribution in [0, 0.1) is 10.3 Å². The van der Waals surface area contributed by atoms with Crippen LogP contribution in [0.2, 0.25) is 5.02 Å². The summed E-state index contributed by atoms with van der Waals surface area (Å²) in [4.78, 5) is 25.0. The molecule has 0 spiro atoms. The summed E-state index contributed by atoms with van der Waals surface area (Å²) in [7, 11) is 0. The van der Waals surface area contributed by atoms with Gasteiger partial charge in [-0.05, 0) is 44.0 Å². The van der Waals surface area contributed by atoms with E-state index in [1.165, 1.54) is 6.92 Å². The van der Waals surface area contributed by atoms with Crippen molar-refractivity contribution in [3.63, 3.8) is 0 Å². The fraction of sp³-hybridized carbons (Fsp3) is 0.467. The first-order chi connectivity index (χ1) is 10.5. The quantitative estimate of drug-likeness (QED) is 0.623. The second kappa shape index (κ2) is 7.35. The third kappa shape index (κ3) is 3.82. The molecule has 0 aromatic heterocycles. The third-order valence-electron chi connectivity index (χ3n) is 3.81. The molecule has 1 aromatic carbocycles. The highest BCUT2D eigenvalue weighted by Crippen LogP contribution is 2.26. The molecule has 0 aliphatic carbocycles. The number of rotatable bonds is 6. The van der Waals surface area contributed by atoms with Crippen molar-refractivity contribution in [2.45, 2.75) is 31.8 Å². The Labute approximate surface area is 134 Å². The Morgan fingerprint density at radius 2 is 2.18 bits per heavy atom. The molecule has 0 bridgehead atoms. The third-order valence-corrected chi connectivity index (χ3v) is 4.06. The Hall–Kier alpha value is -1.95. The van der Waals surface area contributed by atoms with Gasteiger partial charge in [0.15, 0.2) is 0 Å². The molecule has 2 atom stereocenters. The summed E-state index contributed by atoms with van der Waals surface area (Å²) in [6, 6.07) is 6.33. The van der Waals surface area contributed by atoms with Crippen LogP contribution in [0.3, 0.4) is 0 Å². The van der Waals surface area contributed by atoms with Crippen molar-refractivity contribution in [2.24, 2.45) is 5.18 Å². The zero-order valence-electron chi connectivity index (χ0n) is 12.4. The first-order valence-corrected chi connectivity index (χ1v) is 7.58. The van der Waals surface area contributed by atoms with Gasteiger partial charge >= 0.3 is 0 Å². The largest absolute Gasteiger partial charge is 0.360 e. The fourth-order valence-corrected chi connectivity index (χ4v) is 2.69. The predicted molar refractivity (Wildman–Crippen MR) is 87.8 cm³/mol. The molecule has 1 saturated heterocycles. The molecular formula is C15H19ClN4O2. The summed E-state index contributed by atoms with van der Waals surface area (Å²) >= 11 is 5.89. The highest BCUT2D eigenvalue weighted by atomic mass is 35.5. The lowest BCUT2D eigenvalue weighted by Gasteiger charge is -2.26. The summed E-state index contributed by atoms with van der Waals surface area (Å²) in [6.07, 6.45) is 1.69. The number of amides is 1. The van der Waals surface area contributed by atoms with E-state index >= 15 is 0 Å². The second-order valence-electron chi connectivity index (χ2n) is 5.38. The molecular weight excluding hydrogens is 304 g/mol. The van der Waals surface area contributed by atoms with Gasteiger partial charge in [0.2, 0.25) is 5.91 Å². The molecule has 1 heterocycles. The molecule has 118 valence electrons. The Morgan fingerprint density at radius 3 is 2.77 bits per heavy atom. The summed E-state index contributed by atoms with van der Waals surface area (Å²) in [5.41, 5.74) is 1.10. The normalized spacial score (nSPS) is 18.8. The van der Waals surface area contributed by atoms with Gasteiger partial charge in [-0.25, -0.2) is 0 Å². The molecule has 2 rings (SSSR count). The zero-order valence-corrected chi connectivity index (χ0v) is 13.1. The van der Waals surface area contributed by atoms with Crippen LogP contribution in [0.15, 0.2) is 29.4 Å². The smallest absolute Gasteiger partial charge is 0.242 e. The molecule has 2 unspecified atom stereocenters. The minimum Gasteiger partial charge on any atom is -0.360 e. The SMILES string of the molecule is CC(=N)C(CNC(=O)C1CCCN1c1ccc(Cl)cc1)N=O. The first kappa shape index (κ1) is 16.4. The van der Waals surface area contributed by atoms with Crippen molar-refractivity contribution in [3.05, 3.63) is 34.2 Å². The predicted octanol–water partition coefficient (Wildman–Crippen LogP) is 2.60. The van der Waals surface area contributed by atoms with Crippen LogP contribution in [0.4, 0.5) is 5.69 Å². The highest BCUT2D eigenvalue weighted by molar-refractivity contribution is 6.30. The molecule has 1 aliphatic rings. The average Bonchev–Trinajstić information content (AvgIpc) is 2.97. The van der Waals surface area contributed by atoms with Crippen LogP contribution in [0.5, 0.6) is 0 Å². The number of carbonyl (C=O) groups excluding carboxylic acids is 1. The number of halogens is 1. The summed E-state index contributed by atoms with van der Waals surface area (Å²) in [6.45, 7) is 2.38. The summed E-state index contributed by atoms with van der Waals surface area (Å²) < 4.78 is 0. The van der Waals surface area contributed by atoms with Crippen LogP contribution >= 0.6 is 11.6 Å². The van der Waals surface area contributed by atoms with Gasteiger partial charge in [-0.15, -0.1) is 0 Å². The monoisotopic (exact) mass is 322 g/mol. The number of hydrogen-bond acceptors (Lipinski definition) is 5. The van der Waals surface area contributed by atoms with Crippen molar-refractivity contribution < 1.29 is 4.79 Å². The van der Waals surface area contributed by atoms with E-state index in [1.54, 1.807) is 12.1 Å². The molecule has 2 N–H and O–H groups in total. The Kier molecular flexibility index (Phi) is 5.49. The molecule has 6 nitrogen and oxygen atoms in total. The maximum atomic E-state index is 12.3. The lowest BCUT2D eigenvalue weighted by atomic mass is 10.1. The van der Waals surface area contributed by atoms with E-state index in [2.05, 4.69) is 10.5 Å². The van der Waals surface area contributed by atoms with E-state index in [4.69, 9.17) is 17.0 Å². The Morgan fingerprint density at radius 1 is 1.50 bits per heavy atom. The number of hydrogen-bond donors (Lipinski definition) is 2. The van der Waals surface area contributed by atoms with Crippen molar-refractivity contribution in [1.29, 1.82) is 5.41 Å². The Balaban J connectivity index is 2.00. The minimum atomic E-state index is -0.797. The lowest BCUT2D eigenvalue weighted by Crippen LogP contribution is -2.46. The van der Waals surface area contributed by atoms with Gasteiger partial charge in [-0.1, -0.05) is 16.8 Å². The average molecular weight is 323 g/mol. The van der Waals surface area contributed by atoms with Crippen LogP contribution in [0.1, 0.15) is 19.8 Å². The molecule has 22 heavy (non-hydrogen) atoms. The Bertz CT molecular complexity index is 561. The van der Waals surface area contributed by atoms with Gasteiger partial charge in [0.05, 0.1) is 0 Å². The number of nitroso groups, excluding NO2 is 1. The van der Waals surface area contributed by atoms with Crippen LogP contribution in [-0.2, 0) is 4.79 Å². The van der Waals surface area contributed by atoms with Gasteiger partial charge in [-0.3, -0.25) is 4.79 Å². The van der Waals surface area contributed by atoms with Crippen molar-refractivity contribution in [1.82, 2.24) is 5.32 Å². The molecule has 7 heteroatoms. The molecule has 1 fully saturated rings. The second-order valence-corrected chi connectivity index (χ2v) is 5.81. The first-order valence-electron chi connectivity index (χ1n) is 7.20. The zero-order chi connectivity index (χ0) is 16.1. The number of anilines is 1. The molecule has 0 saturated carbocycles. The number of nitrogens with one attached hydrogen (secondary N) is 2. The maximum absolute atomic E-state index is 12.3. The molecule has 1 aromatic rings. The van der Waals surface area contributed by atoms with E-state index in [-0.39, 0.29) is 24.2 Å². The summed E-state index contributed by atoms with van der Waals surface area (Å²) in [5, 5.41) is 13.7. The fourth-order valence-electron chi connectivity index (χ4n) is 2.57. The number of carbonyl (C=O) groups is 1. The minimum absolute atomic E-state index is 0.0720. The maximum Gasteiger partial charge on any atom is 0.242 e. The molecule has 0 radical (unpaired) electrons. The summed E-state index contributed by atoms with van der Waals surface area (Å²) in [5.74, 6) is -0.137. The van der Waals surface area contributed by atoms with E-state index in [1.807, 2.05) is 17.0 Å². The number of nitrogens with zero attached hydrogens (tertiary/aromatic N) is 2. The topological polar surface area (TPSA) is 85.6 Å². The van der Waals surface area contributed by atoms with E-state index in [0.29, 0.717) is 5.02 Å². The van der Waals surface area contributed by atoms with E-state index in [9.17, 15) is 9.70 Å². The van der Waals surface area contributed by atoms with Crippen LogP contribution in [-0.4, -0.2) is 36.8 Å².